The van der Waals surface area contributed by atoms with Gasteiger partial charge >= 0.3 is 0 Å². The number of hydrogen-bond acceptors (Lipinski definition) is 4. The lowest BCUT2D eigenvalue weighted by molar-refractivity contribution is -0.134. The van der Waals surface area contributed by atoms with Gasteiger partial charge in [0.1, 0.15) is 12.3 Å². The van der Waals surface area contributed by atoms with Gasteiger partial charge in [0.25, 0.3) is 11.8 Å². The molecule has 2 aromatic rings. The van der Waals surface area contributed by atoms with Gasteiger partial charge in [-0.25, -0.2) is 0 Å². The van der Waals surface area contributed by atoms with Crippen molar-refractivity contribution in [3.05, 3.63) is 64.7 Å². The number of amides is 3. The van der Waals surface area contributed by atoms with Gasteiger partial charge in [-0.15, -0.1) is 0 Å². The number of carbonyl (C=O) groups is 3. The summed E-state index contributed by atoms with van der Waals surface area (Å²) < 4.78 is 5.29. The Morgan fingerprint density at radius 3 is 2.41 bits per heavy atom. The first kappa shape index (κ1) is 17.3. The summed E-state index contributed by atoms with van der Waals surface area (Å²) >= 11 is 0. The Kier molecular flexibility index (Phi) is 4.18. The lowest BCUT2D eigenvalue weighted by Crippen LogP contribution is -2.46. The van der Waals surface area contributed by atoms with Crippen molar-refractivity contribution >= 4 is 17.7 Å². The highest BCUT2D eigenvalue weighted by atomic mass is 16.5. The van der Waals surface area contributed by atoms with Gasteiger partial charge in [-0.1, -0.05) is 18.2 Å². The van der Waals surface area contributed by atoms with Crippen LogP contribution in [0.15, 0.2) is 42.5 Å². The van der Waals surface area contributed by atoms with Crippen LogP contribution in [0.3, 0.4) is 0 Å². The molecular formula is C21H20N2O4. The van der Waals surface area contributed by atoms with Gasteiger partial charge in [0, 0.05) is 6.54 Å². The highest BCUT2D eigenvalue weighted by Crippen LogP contribution is 2.32. The molecule has 6 heteroatoms. The van der Waals surface area contributed by atoms with Crippen molar-refractivity contribution < 1.29 is 19.1 Å². The van der Waals surface area contributed by atoms with E-state index in [9.17, 15) is 14.4 Å². The Bertz CT molecular complexity index is 918. The summed E-state index contributed by atoms with van der Waals surface area (Å²) in [5.74, 6) is -0.299. The average molecular weight is 364 g/mol. The highest BCUT2D eigenvalue weighted by molar-refractivity contribution is 6.22. The van der Waals surface area contributed by atoms with Crippen molar-refractivity contribution in [1.29, 1.82) is 0 Å². The molecule has 0 spiro atoms. The number of carbonyl (C=O) groups excluding carboxylic acids is 3. The zero-order valence-corrected chi connectivity index (χ0v) is 15.3. The SMILES string of the molecule is COc1ccc2c(c1)C(C)N(C(=O)CN1C(=O)c3ccccc3C1=O)CC2. The van der Waals surface area contributed by atoms with Crippen molar-refractivity contribution in [1.82, 2.24) is 9.80 Å². The molecule has 2 aromatic carbocycles. The van der Waals surface area contributed by atoms with Gasteiger partial charge in [0.2, 0.25) is 5.91 Å². The standard InChI is InChI=1S/C21H20N2O4/c1-13-18-11-15(27-2)8-7-14(18)9-10-22(13)19(24)12-23-20(25)16-5-3-4-6-17(16)21(23)26/h3-8,11,13H,9-10,12H2,1-2H3. The number of rotatable bonds is 3. The van der Waals surface area contributed by atoms with E-state index >= 15 is 0 Å². The van der Waals surface area contributed by atoms with E-state index in [2.05, 4.69) is 0 Å². The number of fused-ring (bicyclic) bond motifs is 2. The van der Waals surface area contributed by atoms with Crippen molar-refractivity contribution in [2.75, 3.05) is 20.2 Å². The number of methoxy groups -OCH3 is 1. The van der Waals surface area contributed by atoms with Crippen LogP contribution in [0.2, 0.25) is 0 Å². The third kappa shape index (κ3) is 2.77. The van der Waals surface area contributed by atoms with Crippen LogP contribution >= 0.6 is 0 Å². The van der Waals surface area contributed by atoms with Crippen molar-refractivity contribution in [3.8, 4) is 5.75 Å². The predicted molar refractivity (Wildman–Crippen MR) is 98.6 cm³/mol. The van der Waals surface area contributed by atoms with Crippen LogP contribution in [0, 0.1) is 0 Å². The molecule has 3 amide bonds. The Morgan fingerprint density at radius 1 is 1.11 bits per heavy atom. The fourth-order valence-electron chi connectivity index (χ4n) is 3.87. The highest BCUT2D eigenvalue weighted by Gasteiger charge is 2.38. The van der Waals surface area contributed by atoms with Gasteiger partial charge in [-0.2, -0.15) is 0 Å². The molecule has 0 saturated heterocycles. The second-order valence-corrected chi connectivity index (χ2v) is 6.82. The van der Waals surface area contributed by atoms with E-state index in [1.165, 1.54) is 5.56 Å². The summed E-state index contributed by atoms with van der Waals surface area (Å²) in [5.41, 5.74) is 2.94. The molecule has 0 N–H and O–H groups in total. The quantitative estimate of drug-likeness (QED) is 0.785. The van der Waals surface area contributed by atoms with Crippen LogP contribution in [0.5, 0.6) is 5.75 Å². The monoisotopic (exact) mass is 364 g/mol. The molecule has 138 valence electrons. The fourth-order valence-corrected chi connectivity index (χ4v) is 3.87. The lowest BCUT2D eigenvalue weighted by atomic mass is 9.93. The minimum atomic E-state index is -0.407. The minimum Gasteiger partial charge on any atom is -0.497 e. The lowest BCUT2D eigenvalue weighted by Gasteiger charge is -2.36. The first-order valence-electron chi connectivity index (χ1n) is 8.92. The molecule has 27 heavy (non-hydrogen) atoms. The summed E-state index contributed by atoms with van der Waals surface area (Å²) in [6.45, 7) is 2.27. The first-order valence-corrected chi connectivity index (χ1v) is 8.92. The Balaban J connectivity index is 1.54. The van der Waals surface area contributed by atoms with E-state index in [0.29, 0.717) is 17.7 Å². The normalized spacial score (nSPS) is 18.4. The molecule has 1 unspecified atom stereocenters. The molecule has 0 aliphatic carbocycles. The van der Waals surface area contributed by atoms with Crippen LogP contribution in [-0.4, -0.2) is 47.7 Å². The van der Waals surface area contributed by atoms with Crippen LogP contribution < -0.4 is 4.74 Å². The van der Waals surface area contributed by atoms with E-state index in [1.807, 2.05) is 25.1 Å². The number of benzene rings is 2. The Labute approximate surface area is 157 Å². The molecule has 6 nitrogen and oxygen atoms in total. The number of imide groups is 1. The largest absolute Gasteiger partial charge is 0.497 e. The van der Waals surface area contributed by atoms with E-state index < -0.39 is 11.8 Å². The average Bonchev–Trinajstić information content (AvgIpc) is 2.93. The smallest absolute Gasteiger partial charge is 0.262 e. The zero-order chi connectivity index (χ0) is 19.1. The van der Waals surface area contributed by atoms with Crippen molar-refractivity contribution in [2.45, 2.75) is 19.4 Å². The first-order chi connectivity index (χ1) is 13.0. The third-order valence-electron chi connectivity index (χ3n) is 5.38. The topological polar surface area (TPSA) is 66.9 Å². The predicted octanol–water partition coefficient (Wildman–Crippen LogP) is 2.44. The maximum atomic E-state index is 12.9. The van der Waals surface area contributed by atoms with Crippen LogP contribution in [0.25, 0.3) is 0 Å². The molecule has 0 saturated carbocycles. The Morgan fingerprint density at radius 2 is 1.78 bits per heavy atom. The Hall–Kier alpha value is -3.15. The maximum Gasteiger partial charge on any atom is 0.262 e. The summed E-state index contributed by atoms with van der Waals surface area (Å²) in [5, 5.41) is 0. The van der Waals surface area contributed by atoms with Gasteiger partial charge < -0.3 is 9.64 Å². The summed E-state index contributed by atoms with van der Waals surface area (Å²) in [7, 11) is 1.61. The van der Waals surface area contributed by atoms with E-state index in [0.717, 1.165) is 22.6 Å². The van der Waals surface area contributed by atoms with Crippen LogP contribution in [-0.2, 0) is 11.2 Å². The summed E-state index contributed by atoms with van der Waals surface area (Å²) in [6, 6.07) is 12.4. The van der Waals surface area contributed by atoms with Crippen LogP contribution in [0.4, 0.5) is 0 Å². The molecule has 2 aliphatic rings. The third-order valence-corrected chi connectivity index (χ3v) is 5.38. The number of hydrogen-bond donors (Lipinski definition) is 0. The van der Waals surface area contributed by atoms with Crippen molar-refractivity contribution in [2.24, 2.45) is 0 Å². The summed E-state index contributed by atoms with van der Waals surface area (Å²) in [6.07, 6.45) is 0.734. The van der Waals surface area contributed by atoms with Crippen molar-refractivity contribution in [3.63, 3.8) is 0 Å². The number of nitrogens with zero attached hydrogens (tertiary/aromatic N) is 2. The molecule has 1 atom stereocenters. The van der Waals surface area contributed by atoms with Gasteiger partial charge in [-0.05, 0) is 48.7 Å². The van der Waals surface area contributed by atoms with E-state index in [4.69, 9.17) is 4.74 Å². The van der Waals surface area contributed by atoms with E-state index in [-0.39, 0.29) is 18.5 Å². The molecule has 2 aliphatic heterocycles. The molecule has 0 bridgehead atoms. The van der Waals surface area contributed by atoms with Gasteiger partial charge in [0.05, 0.1) is 24.3 Å². The second kappa shape index (κ2) is 6.54. The number of ether oxygens (including phenoxy) is 1. The van der Waals surface area contributed by atoms with Crippen LogP contribution in [0.1, 0.15) is 44.8 Å². The molecule has 2 heterocycles. The molecule has 0 radical (unpaired) electrons. The van der Waals surface area contributed by atoms with Gasteiger partial charge in [-0.3, -0.25) is 19.3 Å². The molecular weight excluding hydrogens is 344 g/mol. The fraction of sp³-hybridized carbons (Fsp3) is 0.286. The maximum absolute atomic E-state index is 12.9. The zero-order valence-electron chi connectivity index (χ0n) is 15.3. The second-order valence-electron chi connectivity index (χ2n) is 6.82. The van der Waals surface area contributed by atoms with Gasteiger partial charge in [0.15, 0.2) is 0 Å². The molecule has 0 fully saturated rings. The summed E-state index contributed by atoms with van der Waals surface area (Å²) in [4.78, 5) is 40.7. The molecule has 4 rings (SSSR count). The minimum absolute atomic E-state index is 0.147. The van der Waals surface area contributed by atoms with E-state index in [1.54, 1.807) is 36.3 Å². The molecule has 0 aromatic heterocycles.